The molecule has 0 aromatic carbocycles. The molecule has 1 aromatic heterocycles. The van der Waals surface area contributed by atoms with Crippen molar-refractivity contribution >= 4 is 11.7 Å². The van der Waals surface area contributed by atoms with Crippen LogP contribution in [0.2, 0.25) is 0 Å². The normalized spacial score (nSPS) is 22.8. The number of nitrogens with zero attached hydrogens (tertiary/aromatic N) is 2. The first-order chi connectivity index (χ1) is 8.95. The fraction of sp³-hybridized carbons (Fsp3) is 0.571. The van der Waals surface area contributed by atoms with Crippen LogP contribution in [0.5, 0.6) is 0 Å². The predicted octanol–water partition coefficient (Wildman–Crippen LogP) is 0.971. The molecule has 4 N–H and O–H groups in total. The number of anilines is 1. The van der Waals surface area contributed by atoms with Crippen LogP contribution in [0, 0.1) is 19.8 Å². The quantitative estimate of drug-likeness (QED) is 0.850. The SMILES string of the molecule is Cc1cc(C)c(C(N)=O)c(N2CCC(C)C2CN)n1. The van der Waals surface area contributed by atoms with Gasteiger partial charge in [-0.25, -0.2) is 4.98 Å². The van der Waals surface area contributed by atoms with Gasteiger partial charge in [-0.2, -0.15) is 0 Å². The van der Waals surface area contributed by atoms with Crippen LogP contribution in [-0.4, -0.2) is 30.0 Å². The summed E-state index contributed by atoms with van der Waals surface area (Å²) >= 11 is 0. The van der Waals surface area contributed by atoms with Crippen LogP contribution in [0.3, 0.4) is 0 Å². The summed E-state index contributed by atoms with van der Waals surface area (Å²) < 4.78 is 0. The van der Waals surface area contributed by atoms with Crippen molar-refractivity contribution in [1.82, 2.24) is 4.98 Å². The van der Waals surface area contributed by atoms with Crippen molar-refractivity contribution in [2.24, 2.45) is 17.4 Å². The monoisotopic (exact) mass is 262 g/mol. The van der Waals surface area contributed by atoms with Gasteiger partial charge in [-0.15, -0.1) is 0 Å². The van der Waals surface area contributed by atoms with Crippen molar-refractivity contribution in [3.63, 3.8) is 0 Å². The number of carbonyl (C=O) groups excluding carboxylic acids is 1. The Hall–Kier alpha value is -1.62. The largest absolute Gasteiger partial charge is 0.365 e. The number of amides is 1. The number of primary amides is 1. The van der Waals surface area contributed by atoms with Crippen LogP contribution < -0.4 is 16.4 Å². The average molecular weight is 262 g/mol. The van der Waals surface area contributed by atoms with Gasteiger partial charge < -0.3 is 16.4 Å². The van der Waals surface area contributed by atoms with Gasteiger partial charge in [0.15, 0.2) is 0 Å². The highest BCUT2D eigenvalue weighted by Gasteiger charge is 2.33. The van der Waals surface area contributed by atoms with Crippen LogP contribution in [0.25, 0.3) is 0 Å². The molecule has 0 spiro atoms. The van der Waals surface area contributed by atoms with E-state index in [2.05, 4.69) is 16.8 Å². The minimum atomic E-state index is -0.421. The van der Waals surface area contributed by atoms with Gasteiger partial charge in [-0.3, -0.25) is 4.79 Å². The number of nitrogens with two attached hydrogens (primary N) is 2. The van der Waals surface area contributed by atoms with Crippen molar-refractivity contribution < 1.29 is 4.79 Å². The van der Waals surface area contributed by atoms with Crippen LogP contribution in [-0.2, 0) is 0 Å². The third-order valence-electron chi connectivity index (χ3n) is 3.97. The number of rotatable bonds is 3. The lowest BCUT2D eigenvalue weighted by Gasteiger charge is -2.28. The van der Waals surface area contributed by atoms with E-state index >= 15 is 0 Å². The minimum absolute atomic E-state index is 0.229. The molecule has 1 fully saturated rings. The average Bonchev–Trinajstić information content (AvgIpc) is 2.68. The molecule has 19 heavy (non-hydrogen) atoms. The topological polar surface area (TPSA) is 85.2 Å². The van der Waals surface area contributed by atoms with E-state index in [1.54, 1.807) is 0 Å². The maximum atomic E-state index is 11.7. The molecular weight excluding hydrogens is 240 g/mol. The molecule has 1 aliphatic rings. The number of aryl methyl sites for hydroxylation is 2. The summed E-state index contributed by atoms with van der Waals surface area (Å²) in [7, 11) is 0. The Balaban J connectivity index is 2.52. The van der Waals surface area contributed by atoms with Gasteiger partial charge in [0.1, 0.15) is 5.82 Å². The van der Waals surface area contributed by atoms with Crippen molar-refractivity contribution in [2.75, 3.05) is 18.0 Å². The van der Waals surface area contributed by atoms with E-state index < -0.39 is 5.91 Å². The Kier molecular flexibility index (Phi) is 3.75. The highest BCUT2D eigenvalue weighted by Crippen LogP contribution is 2.31. The second kappa shape index (κ2) is 5.17. The molecule has 2 atom stereocenters. The molecule has 1 aliphatic heterocycles. The Bertz CT molecular complexity index is 500. The fourth-order valence-corrected chi connectivity index (χ4v) is 2.96. The minimum Gasteiger partial charge on any atom is -0.365 e. The summed E-state index contributed by atoms with van der Waals surface area (Å²) in [6, 6.07) is 2.12. The van der Waals surface area contributed by atoms with E-state index in [4.69, 9.17) is 11.5 Å². The van der Waals surface area contributed by atoms with Crippen molar-refractivity contribution in [3.05, 3.63) is 22.9 Å². The molecule has 104 valence electrons. The zero-order valence-corrected chi connectivity index (χ0v) is 11.8. The lowest BCUT2D eigenvalue weighted by molar-refractivity contribution is 0.1000. The summed E-state index contributed by atoms with van der Waals surface area (Å²) in [4.78, 5) is 18.4. The van der Waals surface area contributed by atoms with Gasteiger partial charge in [0.2, 0.25) is 0 Å². The van der Waals surface area contributed by atoms with E-state index in [1.165, 1.54) is 0 Å². The number of hydrogen-bond donors (Lipinski definition) is 2. The number of hydrogen-bond acceptors (Lipinski definition) is 4. The standard InChI is InChI=1S/C14H22N4O/c1-8-4-5-18(11(8)7-15)14-12(13(16)19)9(2)6-10(3)17-14/h6,8,11H,4-5,7,15H2,1-3H3,(H2,16,19). The van der Waals surface area contributed by atoms with Gasteiger partial charge in [0.25, 0.3) is 5.91 Å². The first-order valence-corrected chi connectivity index (χ1v) is 6.70. The first-order valence-electron chi connectivity index (χ1n) is 6.70. The molecule has 1 amide bonds. The van der Waals surface area contributed by atoms with Crippen LogP contribution >= 0.6 is 0 Å². The maximum absolute atomic E-state index is 11.7. The van der Waals surface area contributed by atoms with E-state index in [-0.39, 0.29) is 6.04 Å². The van der Waals surface area contributed by atoms with Crippen molar-refractivity contribution in [1.29, 1.82) is 0 Å². The van der Waals surface area contributed by atoms with Crippen LogP contribution in [0.1, 0.15) is 35.0 Å². The molecule has 1 aromatic rings. The van der Waals surface area contributed by atoms with E-state index in [0.717, 1.165) is 24.2 Å². The molecule has 5 nitrogen and oxygen atoms in total. The third kappa shape index (κ3) is 2.42. The highest BCUT2D eigenvalue weighted by atomic mass is 16.1. The van der Waals surface area contributed by atoms with E-state index in [1.807, 2.05) is 19.9 Å². The number of pyridine rings is 1. The number of carbonyl (C=O) groups is 1. The Labute approximate surface area is 114 Å². The second-order valence-electron chi connectivity index (χ2n) is 5.41. The van der Waals surface area contributed by atoms with Gasteiger partial charge in [0.05, 0.1) is 5.56 Å². The van der Waals surface area contributed by atoms with Crippen LogP contribution in [0.4, 0.5) is 5.82 Å². The smallest absolute Gasteiger partial charge is 0.252 e. The molecule has 0 saturated carbocycles. The van der Waals surface area contributed by atoms with E-state index in [9.17, 15) is 4.79 Å². The molecule has 0 radical (unpaired) electrons. The van der Waals surface area contributed by atoms with Gasteiger partial charge in [-0.05, 0) is 37.8 Å². The van der Waals surface area contributed by atoms with Gasteiger partial charge >= 0.3 is 0 Å². The summed E-state index contributed by atoms with van der Waals surface area (Å²) in [5.41, 5.74) is 13.7. The summed E-state index contributed by atoms with van der Waals surface area (Å²) in [5.74, 6) is 0.786. The maximum Gasteiger partial charge on any atom is 0.252 e. The molecule has 5 heteroatoms. The van der Waals surface area contributed by atoms with Crippen molar-refractivity contribution in [3.8, 4) is 0 Å². The summed E-state index contributed by atoms with van der Waals surface area (Å²) in [6.07, 6.45) is 1.06. The highest BCUT2D eigenvalue weighted by molar-refractivity contribution is 5.99. The third-order valence-corrected chi connectivity index (χ3v) is 3.97. The second-order valence-corrected chi connectivity index (χ2v) is 5.41. The van der Waals surface area contributed by atoms with Gasteiger partial charge in [-0.1, -0.05) is 6.92 Å². The van der Waals surface area contributed by atoms with Gasteiger partial charge in [0, 0.05) is 24.8 Å². The molecule has 0 bridgehead atoms. The molecular formula is C14H22N4O. The lowest BCUT2D eigenvalue weighted by Crippen LogP contribution is -2.40. The van der Waals surface area contributed by atoms with E-state index in [0.29, 0.717) is 23.8 Å². The molecule has 2 rings (SSSR count). The molecule has 2 unspecified atom stereocenters. The Morgan fingerprint density at radius 3 is 2.79 bits per heavy atom. The lowest BCUT2D eigenvalue weighted by atomic mass is 10.0. The molecule has 2 heterocycles. The fourth-order valence-electron chi connectivity index (χ4n) is 2.96. The van der Waals surface area contributed by atoms with Crippen molar-refractivity contribution in [2.45, 2.75) is 33.2 Å². The molecule has 0 aliphatic carbocycles. The Morgan fingerprint density at radius 1 is 1.53 bits per heavy atom. The summed E-state index contributed by atoms with van der Waals surface area (Å²) in [5, 5.41) is 0. The summed E-state index contributed by atoms with van der Waals surface area (Å²) in [6.45, 7) is 7.45. The number of aromatic nitrogens is 1. The zero-order chi connectivity index (χ0) is 14.2. The molecule has 1 saturated heterocycles. The predicted molar refractivity (Wildman–Crippen MR) is 76.2 cm³/mol. The Morgan fingerprint density at radius 2 is 2.21 bits per heavy atom. The van der Waals surface area contributed by atoms with Crippen LogP contribution in [0.15, 0.2) is 6.07 Å². The zero-order valence-electron chi connectivity index (χ0n) is 11.8. The first kappa shape index (κ1) is 13.8.